The molecule has 4 heteroatoms. The Morgan fingerprint density at radius 1 is 0.367 bits per heavy atom. The normalized spacial score (nSPS) is 21.1. The average molecular weight is 637 g/mol. The van der Waals surface area contributed by atoms with Gasteiger partial charge in [-0.3, -0.25) is 0 Å². The topological polar surface area (TPSA) is 43.2 Å². The van der Waals surface area contributed by atoms with Crippen LogP contribution in [0.5, 0.6) is 0 Å². The first-order valence-corrected chi connectivity index (χ1v) is 17.1. The maximum absolute atomic E-state index is 7.44. The molecular weight excluding hydrogens is 601 g/mol. The molecule has 49 heavy (non-hydrogen) atoms. The van der Waals surface area contributed by atoms with Crippen molar-refractivity contribution in [3.8, 4) is 0 Å². The Morgan fingerprint density at radius 3 is 0.898 bits per heavy atom. The smallest absolute Gasteiger partial charge is 0.201 e. The summed E-state index contributed by atoms with van der Waals surface area (Å²) in [7, 11) is 0. The van der Waals surface area contributed by atoms with Crippen molar-refractivity contribution in [3.63, 3.8) is 0 Å². The molecule has 0 spiro atoms. The predicted octanol–water partition coefficient (Wildman–Crippen LogP) is 9.99. The number of benzene rings is 6. The first-order valence-electron chi connectivity index (χ1n) is 17.1. The molecule has 0 saturated heterocycles. The van der Waals surface area contributed by atoms with Gasteiger partial charge in [0.15, 0.2) is 11.2 Å². The SMILES string of the molecule is c1ccc([C@H]2N=C(C3(C4=N[C@H](c5ccccc5)C(c5ccccc5)(c5ccccc5)O4)CC3)OC2(c2ccccc2)c2ccccc2)cc1. The Balaban J connectivity index is 1.23. The fourth-order valence-electron chi connectivity index (χ4n) is 7.80. The van der Waals surface area contributed by atoms with Gasteiger partial charge in [-0.1, -0.05) is 182 Å². The fraction of sp³-hybridized carbons (Fsp3) is 0.156. The number of hydrogen-bond acceptors (Lipinski definition) is 4. The second-order valence-corrected chi connectivity index (χ2v) is 13.2. The van der Waals surface area contributed by atoms with E-state index >= 15 is 0 Å². The van der Waals surface area contributed by atoms with Gasteiger partial charge in [0.2, 0.25) is 11.8 Å². The summed E-state index contributed by atoms with van der Waals surface area (Å²) in [6.07, 6.45) is 1.68. The molecule has 2 atom stereocenters. The van der Waals surface area contributed by atoms with Crippen molar-refractivity contribution >= 4 is 11.8 Å². The van der Waals surface area contributed by atoms with Gasteiger partial charge in [-0.05, 0) is 24.0 Å². The summed E-state index contributed by atoms with van der Waals surface area (Å²) >= 11 is 0. The van der Waals surface area contributed by atoms with Crippen molar-refractivity contribution in [2.75, 3.05) is 0 Å². The Hall–Kier alpha value is -5.74. The predicted molar refractivity (Wildman–Crippen MR) is 194 cm³/mol. The average Bonchev–Trinajstić information content (AvgIpc) is 3.73. The zero-order valence-electron chi connectivity index (χ0n) is 27.1. The molecule has 1 fully saturated rings. The van der Waals surface area contributed by atoms with Crippen LogP contribution in [0, 0.1) is 5.41 Å². The van der Waals surface area contributed by atoms with Gasteiger partial charge in [-0.25, -0.2) is 9.98 Å². The van der Waals surface area contributed by atoms with Gasteiger partial charge in [0.1, 0.15) is 17.5 Å². The van der Waals surface area contributed by atoms with E-state index < -0.39 is 16.6 Å². The first kappa shape index (κ1) is 29.4. The number of ether oxygens (including phenoxy) is 2. The van der Waals surface area contributed by atoms with E-state index in [0.29, 0.717) is 11.8 Å². The molecule has 0 N–H and O–H groups in total. The molecule has 6 aromatic carbocycles. The summed E-state index contributed by atoms with van der Waals surface area (Å²) in [4.78, 5) is 11.1. The van der Waals surface area contributed by atoms with Gasteiger partial charge < -0.3 is 9.47 Å². The van der Waals surface area contributed by atoms with Crippen LogP contribution in [0.3, 0.4) is 0 Å². The van der Waals surface area contributed by atoms with Crippen molar-refractivity contribution in [3.05, 3.63) is 215 Å². The zero-order valence-corrected chi connectivity index (χ0v) is 27.1. The van der Waals surface area contributed by atoms with Gasteiger partial charge in [-0.2, -0.15) is 0 Å². The molecule has 4 nitrogen and oxygen atoms in total. The summed E-state index contributed by atoms with van der Waals surface area (Å²) in [5.41, 5.74) is 4.10. The Bertz CT molecular complexity index is 1880. The lowest BCUT2D eigenvalue weighted by Gasteiger charge is -2.36. The Labute approximate surface area is 287 Å². The van der Waals surface area contributed by atoms with Gasteiger partial charge in [0.05, 0.1) is 0 Å². The van der Waals surface area contributed by atoms with E-state index in [-0.39, 0.29) is 12.1 Å². The lowest BCUT2D eigenvalue weighted by atomic mass is 9.78. The van der Waals surface area contributed by atoms with Gasteiger partial charge >= 0.3 is 0 Å². The zero-order chi connectivity index (χ0) is 32.7. The molecule has 3 aliphatic rings. The molecule has 0 radical (unpaired) electrons. The van der Waals surface area contributed by atoms with Crippen molar-refractivity contribution in [1.29, 1.82) is 0 Å². The molecule has 1 aliphatic carbocycles. The van der Waals surface area contributed by atoms with Crippen molar-refractivity contribution in [2.24, 2.45) is 15.4 Å². The van der Waals surface area contributed by atoms with Crippen LogP contribution in [-0.2, 0) is 20.7 Å². The van der Waals surface area contributed by atoms with E-state index in [2.05, 4.69) is 182 Å². The number of aliphatic imine (C=N–C) groups is 2. The summed E-state index contributed by atoms with van der Waals surface area (Å²) in [6, 6.07) is 62.6. The van der Waals surface area contributed by atoms with Crippen LogP contribution in [0.15, 0.2) is 192 Å². The molecule has 2 heterocycles. The van der Waals surface area contributed by atoms with E-state index in [9.17, 15) is 0 Å². The quantitative estimate of drug-likeness (QED) is 0.167. The standard InChI is InChI=1S/C45H36N2O2/c1-7-19-33(20-8-1)39-44(35-23-11-3-12-24-35,36-25-13-4-14-26-36)48-41(46-39)43(31-32-43)42-47-40(34-21-9-2-10-22-34)45(49-42,37-27-15-5-16-28-37)38-29-17-6-18-30-38/h1-30,39-40H,31-32H2/t39-,40-/m1/s1. The molecule has 0 aromatic heterocycles. The van der Waals surface area contributed by atoms with Crippen LogP contribution in [-0.4, -0.2) is 11.8 Å². The third kappa shape index (κ3) is 4.66. The van der Waals surface area contributed by atoms with E-state index in [0.717, 1.165) is 46.2 Å². The molecule has 6 aromatic rings. The minimum Gasteiger partial charge on any atom is -0.461 e. The lowest BCUT2D eigenvalue weighted by molar-refractivity contribution is 0.0788. The highest BCUT2D eigenvalue weighted by Crippen LogP contribution is 2.62. The van der Waals surface area contributed by atoms with Gasteiger partial charge in [0, 0.05) is 22.3 Å². The van der Waals surface area contributed by atoms with Crippen LogP contribution in [0.25, 0.3) is 0 Å². The van der Waals surface area contributed by atoms with Gasteiger partial charge in [-0.15, -0.1) is 0 Å². The van der Waals surface area contributed by atoms with Gasteiger partial charge in [0.25, 0.3) is 0 Å². The summed E-state index contributed by atoms with van der Waals surface area (Å²) in [6.45, 7) is 0. The summed E-state index contributed by atoms with van der Waals surface area (Å²) in [5, 5.41) is 0. The maximum atomic E-state index is 7.44. The highest BCUT2D eigenvalue weighted by molar-refractivity contribution is 6.10. The maximum Gasteiger partial charge on any atom is 0.201 e. The molecule has 1 saturated carbocycles. The molecule has 0 amide bonds. The Morgan fingerprint density at radius 2 is 0.633 bits per heavy atom. The molecular formula is C45H36N2O2. The largest absolute Gasteiger partial charge is 0.461 e. The van der Waals surface area contributed by atoms with Crippen LogP contribution in [0.1, 0.15) is 58.3 Å². The molecule has 0 unspecified atom stereocenters. The molecule has 238 valence electrons. The van der Waals surface area contributed by atoms with Crippen LogP contribution >= 0.6 is 0 Å². The molecule has 0 bridgehead atoms. The number of hydrogen-bond donors (Lipinski definition) is 0. The van der Waals surface area contributed by atoms with Crippen molar-refractivity contribution < 1.29 is 9.47 Å². The fourth-order valence-corrected chi connectivity index (χ4v) is 7.80. The van der Waals surface area contributed by atoms with E-state index in [1.165, 1.54) is 0 Å². The third-order valence-electron chi connectivity index (χ3n) is 10.4. The summed E-state index contributed by atoms with van der Waals surface area (Å²) < 4.78 is 14.9. The van der Waals surface area contributed by atoms with E-state index in [1.807, 2.05) is 0 Å². The second-order valence-electron chi connectivity index (χ2n) is 13.2. The second kappa shape index (κ2) is 11.7. The number of nitrogens with zero attached hydrogens (tertiary/aromatic N) is 2. The first-order chi connectivity index (χ1) is 24.2. The molecule has 9 rings (SSSR count). The van der Waals surface area contributed by atoms with Crippen LogP contribution < -0.4 is 0 Å². The van der Waals surface area contributed by atoms with E-state index in [1.54, 1.807) is 0 Å². The lowest BCUT2D eigenvalue weighted by Crippen LogP contribution is -2.39. The van der Waals surface area contributed by atoms with Crippen molar-refractivity contribution in [1.82, 2.24) is 0 Å². The highest BCUT2D eigenvalue weighted by Gasteiger charge is 2.66. The molecule has 2 aliphatic heterocycles. The minimum absolute atomic E-state index is 0.314. The monoisotopic (exact) mass is 636 g/mol. The van der Waals surface area contributed by atoms with Crippen molar-refractivity contribution in [2.45, 2.75) is 36.1 Å². The Kier molecular flexibility index (Phi) is 7.05. The highest BCUT2D eigenvalue weighted by atomic mass is 16.5. The van der Waals surface area contributed by atoms with E-state index in [4.69, 9.17) is 19.5 Å². The summed E-state index contributed by atoms with van der Waals surface area (Å²) in [5.74, 6) is 1.38. The minimum atomic E-state index is -0.872. The number of rotatable bonds is 8. The third-order valence-corrected chi connectivity index (χ3v) is 10.4. The van der Waals surface area contributed by atoms with Crippen LogP contribution in [0.4, 0.5) is 0 Å². The van der Waals surface area contributed by atoms with Crippen LogP contribution in [0.2, 0.25) is 0 Å².